The summed E-state index contributed by atoms with van der Waals surface area (Å²) in [5.41, 5.74) is 0.336. The van der Waals surface area contributed by atoms with Gasteiger partial charge in [-0.3, -0.25) is 9.59 Å². The number of likely N-dealkylation sites (N-methyl/N-ethyl adjacent to an activating group) is 1. The van der Waals surface area contributed by atoms with E-state index in [1.807, 2.05) is 18.7 Å². The average Bonchev–Trinajstić information content (AvgIpc) is 2.74. The van der Waals surface area contributed by atoms with Crippen molar-refractivity contribution in [2.45, 2.75) is 64.2 Å². The normalized spacial score (nSPS) is 25.3. The predicted octanol–water partition coefficient (Wildman–Crippen LogP) is 2.87. The number of nitrogens with zero attached hydrogens (tertiary/aromatic N) is 4. The molecule has 32 heavy (non-hydrogen) atoms. The highest BCUT2D eigenvalue weighted by Gasteiger charge is 2.52. The maximum atomic E-state index is 13.6. The number of amides is 4. The number of benzene rings is 1. The van der Waals surface area contributed by atoms with Gasteiger partial charge in [0.25, 0.3) is 0 Å². The standard InChI is InChI=1S/C23H32FN5O3/c1-15(2)21-22(31)27(18-10-5-4-6-11-18)13-19-28(21)20(30)14-26(3)29(19)23(32)25-17-9-7-8-16(24)12-17/h7-9,12,15,18-19,21H,4-6,10-11,13-14H2,1-3H3,(H,25,32)/t19-,21-/m0/s1. The van der Waals surface area contributed by atoms with Crippen LogP contribution in [0.2, 0.25) is 0 Å². The first-order chi connectivity index (χ1) is 15.3. The summed E-state index contributed by atoms with van der Waals surface area (Å²) in [4.78, 5) is 43.4. The van der Waals surface area contributed by atoms with Crippen LogP contribution in [-0.2, 0) is 9.59 Å². The Morgan fingerprint density at radius 2 is 1.88 bits per heavy atom. The minimum Gasteiger partial charge on any atom is -0.334 e. The van der Waals surface area contributed by atoms with Gasteiger partial charge in [-0.05, 0) is 37.0 Å². The maximum Gasteiger partial charge on any atom is 0.338 e. The fourth-order valence-corrected chi connectivity index (χ4v) is 5.29. The monoisotopic (exact) mass is 445 g/mol. The van der Waals surface area contributed by atoms with Gasteiger partial charge in [-0.1, -0.05) is 39.2 Å². The number of carbonyl (C=O) groups excluding carboxylic acids is 3. The summed E-state index contributed by atoms with van der Waals surface area (Å²) in [6.07, 6.45) is 4.62. The van der Waals surface area contributed by atoms with Crippen LogP contribution in [-0.4, -0.2) is 76.0 Å². The molecule has 0 aromatic heterocycles. The fourth-order valence-electron chi connectivity index (χ4n) is 5.29. The summed E-state index contributed by atoms with van der Waals surface area (Å²) in [7, 11) is 1.69. The Balaban J connectivity index is 1.66. The molecule has 1 aliphatic carbocycles. The molecule has 0 bridgehead atoms. The van der Waals surface area contributed by atoms with Gasteiger partial charge in [0.05, 0.1) is 13.1 Å². The van der Waals surface area contributed by atoms with E-state index in [0.29, 0.717) is 5.69 Å². The molecule has 1 N–H and O–H groups in total. The van der Waals surface area contributed by atoms with Crippen LogP contribution < -0.4 is 5.32 Å². The highest BCUT2D eigenvalue weighted by atomic mass is 19.1. The van der Waals surface area contributed by atoms with Crippen LogP contribution in [0.1, 0.15) is 46.0 Å². The van der Waals surface area contributed by atoms with Gasteiger partial charge in [-0.25, -0.2) is 19.2 Å². The zero-order valence-electron chi connectivity index (χ0n) is 19.0. The topological polar surface area (TPSA) is 76.2 Å². The van der Waals surface area contributed by atoms with Crippen molar-refractivity contribution in [1.29, 1.82) is 0 Å². The van der Waals surface area contributed by atoms with Crippen molar-refractivity contribution in [3.8, 4) is 0 Å². The third-order valence-electron chi connectivity index (χ3n) is 6.75. The van der Waals surface area contributed by atoms with Crippen LogP contribution in [0.25, 0.3) is 0 Å². The number of halogens is 1. The molecule has 8 nitrogen and oxygen atoms in total. The lowest BCUT2D eigenvalue weighted by Gasteiger charge is -2.56. The van der Waals surface area contributed by atoms with E-state index in [4.69, 9.17) is 0 Å². The number of anilines is 1. The van der Waals surface area contributed by atoms with Gasteiger partial charge >= 0.3 is 6.03 Å². The number of piperazine rings is 1. The van der Waals surface area contributed by atoms with Gasteiger partial charge in [-0.15, -0.1) is 0 Å². The fraction of sp³-hybridized carbons (Fsp3) is 0.609. The first-order valence-electron chi connectivity index (χ1n) is 11.5. The van der Waals surface area contributed by atoms with Crippen LogP contribution >= 0.6 is 0 Å². The largest absolute Gasteiger partial charge is 0.338 e. The van der Waals surface area contributed by atoms with E-state index in [9.17, 15) is 18.8 Å². The lowest BCUT2D eigenvalue weighted by atomic mass is 9.90. The number of nitrogens with one attached hydrogen (secondary N) is 1. The Bertz CT molecular complexity index is 888. The van der Waals surface area contributed by atoms with Gasteiger partial charge in [0.15, 0.2) is 0 Å². The van der Waals surface area contributed by atoms with Crippen LogP contribution in [0.3, 0.4) is 0 Å². The molecular weight excluding hydrogens is 413 g/mol. The Morgan fingerprint density at radius 3 is 2.53 bits per heavy atom. The van der Waals surface area contributed by atoms with Crippen molar-refractivity contribution in [2.24, 2.45) is 5.92 Å². The van der Waals surface area contributed by atoms with Gasteiger partial charge in [0.1, 0.15) is 18.0 Å². The Kier molecular flexibility index (Phi) is 6.37. The molecule has 1 aromatic rings. The minimum absolute atomic E-state index is 0.00695. The van der Waals surface area contributed by atoms with Crippen molar-refractivity contribution < 1.29 is 18.8 Å². The Morgan fingerprint density at radius 1 is 1.16 bits per heavy atom. The van der Waals surface area contributed by atoms with Crippen molar-refractivity contribution >= 4 is 23.5 Å². The molecule has 1 saturated carbocycles. The number of rotatable bonds is 3. The zero-order valence-corrected chi connectivity index (χ0v) is 19.0. The molecule has 2 aliphatic heterocycles. The third-order valence-corrected chi connectivity index (χ3v) is 6.75. The first kappa shape index (κ1) is 22.5. The molecule has 2 heterocycles. The second-order valence-electron chi connectivity index (χ2n) is 9.35. The smallest absolute Gasteiger partial charge is 0.334 e. The molecule has 3 fully saturated rings. The summed E-state index contributed by atoms with van der Waals surface area (Å²) >= 11 is 0. The highest BCUT2D eigenvalue weighted by molar-refractivity contribution is 5.94. The number of urea groups is 1. The molecule has 0 unspecified atom stereocenters. The van der Waals surface area contributed by atoms with Gasteiger partial charge in [0, 0.05) is 18.8 Å². The summed E-state index contributed by atoms with van der Waals surface area (Å²) in [6, 6.07) is 4.77. The molecule has 4 amide bonds. The highest BCUT2D eigenvalue weighted by Crippen LogP contribution is 2.33. The SMILES string of the molecule is CC(C)[C@H]1C(=O)N(C2CCCCC2)C[C@H]2N1C(=O)CN(C)N2C(=O)Nc1cccc(F)c1. The summed E-state index contributed by atoms with van der Waals surface area (Å²) in [5, 5.41) is 5.84. The number of carbonyl (C=O) groups is 3. The molecule has 4 rings (SSSR count). The maximum absolute atomic E-state index is 13.6. The first-order valence-corrected chi connectivity index (χ1v) is 11.5. The molecule has 0 spiro atoms. The van der Waals surface area contributed by atoms with E-state index in [1.165, 1.54) is 29.6 Å². The minimum atomic E-state index is -0.610. The Hall–Kier alpha value is -2.68. The molecular formula is C23H32FN5O3. The van der Waals surface area contributed by atoms with Gasteiger partial charge in [-0.2, -0.15) is 0 Å². The van der Waals surface area contributed by atoms with Crippen molar-refractivity contribution in [3.63, 3.8) is 0 Å². The van der Waals surface area contributed by atoms with Gasteiger partial charge < -0.3 is 15.1 Å². The molecule has 1 aromatic carbocycles. The Labute approximate surface area is 188 Å². The van der Waals surface area contributed by atoms with Crippen molar-refractivity contribution in [3.05, 3.63) is 30.1 Å². The van der Waals surface area contributed by atoms with E-state index < -0.39 is 24.1 Å². The van der Waals surface area contributed by atoms with E-state index >= 15 is 0 Å². The third kappa shape index (κ3) is 4.18. The quantitative estimate of drug-likeness (QED) is 0.776. The second-order valence-corrected chi connectivity index (χ2v) is 9.35. The second kappa shape index (κ2) is 9.05. The lowest BCUT2D eigenvalue weighted by molar-refractivity contribution is -0.192. The summed E-state index contributed by atoms with van der Waals surface area (Å²) in [5.74, 6) is -0.718. The van der Waals surface area contributed by atoms with E-state index in [1.54, 1.807) is 23.0 Å². The molecule has 174 valence electrons. The average molecular weight is 446 g/mol. The zero-order chi connectivity index (χ0) is 23.0. The van der Waals surface area contributed by atoms with Crippen LogP contribution in [0.15, 0.2) is 24.3 Å². The van der Waals surface area contributed by atoms with Crippen LogP contribution in [0, 0.1) is 11.7 Å². The van der Waals surface area contributed by atoms with Gasteiger partial charge in [0.2, 0.25) is 11.8 Å². The van der Waals surface area contributed by atoms with E-state index in [0.717, 1.165) is 25.7 Å². The van der Waals surface area contributed by atoms with E-state index in [2.05, 4.69) is 5.32 Å². The summed E-state index contributed by atoms with van der Waals surface area (Å²) in [6.45, 7) is 4.14. The summed E-state index contributed by atoms with van der Waals surface area (Å²) < 4.78 is 13.6. The number of hydrazine groups is 1. The number of hydrogen-bond acceptors (Lipinski definition) is 4. The van der Waals surface area contributed by atoms with Crippen LogP contribution in [0.4, 0.5) is 14.9 Å². The van der Waals surface area contributed by atoms with E-state index in [-0.39, 0.29) is 36.9 Å². The van der Waals surface area contributed by atoms with Crippen molar-refractivity contribution in [1.82, 2.24) is 19.8 Å². The molecule has 3 aliphatic rings. The number of fused-ring (bicyclic) bond motifs is 1. The van der Waals surface area contributed by atoms with Crippen molar-refractivity contribution in [2.75, 3.05) is 25.5 Å². The number of hydrogen-bond donors (Lipinski definition) is 1. The predicted molar refractivity (Wildman–Crippen MR) is 118 cm³/mol. The molecule has 0 radical (unpaired) electrons. The molecule has 9 heteroatoms. The van der Waals surface area contributed by atoms with Crippen LogP contribution in [0.5, 0.6) is 0 Å². The molecule has 2 atom stereocenters. The lowest BCUT2D eigenvalue weighted by Crippen LogP contribution is -2.77. The molecule has 2 saturated heterocycles.